The lowest BCUT2D eigenvalue weighted by Crippen LogP contribution is -2.44. The first-order chi connectivity index (χ1) is 11.2. The van der Waals surface area contributed by atoms with Crippen molar-refractivity contribution in [2.45, 2.75) is 19.1 Å². The zero-order valence-corrected chi connectivity index (χ0v) is 12.5. The van der Waals surface area contributed by atoms with Gasteiger partial charge in [-0.2, -0.15) is 0 Å². The molecule has 1 heterocycles. The number of hydrogen-bond donors (Lipinski definition) is 1. The molecule has 1 unspecified atom stereocenters. The van der Waals surface area contributed by atoms with Crippen molar-refractivity contribution in [3.8, 4) is 5.75 Å². The van der Waals surface area contributed by atoms with Gasteiger partial charge in [0.1, 0.15) is 25.0 Å². The van der Waals surface area contributed by atoms with Crippen LogP contribution in [-0.2, 0) is 22.6 Å². The Labute approximate surface area is 134 Å². The molecule has 1 aliphatic heterocycles. The summed E-state index contributed by atoms with van der Waals surface area (Å²) in [5, 5.41) is 2.58. The second-order valence-corrected chi connectivity index (χ2v) is 5.32. The lowest BCUT2D eigenvalue weighted by Gasteiger charge is -2.15. The van der Waals surface area contributed by atoms with Crippen molar-refractivity contribution in [2.75, 3.05) is 6.61 Å². The fourth-order valence-corrected chi connectivity index (χ4v) is 2.40. The number of benzene rings is 2. The molecule has 0 aliphatic carbocycles. The highest BCUT2D eigenvalue weighted by molar-refractivity contribution is 5.90. The van der Waals surface area contributed by atoms with Crippen LogP contribution in [0.2, 0.25) is 0 Å². The summed E-state index contributed by atoms with van der Waals surface area (Å²) in [6, 6.07) is 16.0. The summed E-state index contributed by atoms with van der Waals surface area (Å²) in [6.07, 6.45) is -0.387. The van der Waals surface area contributed by atoms with Crippen LogP contribution in [0.25, 0.3) is 0 Å². The van der Waals surface area contributed by atoms with Crippen molar-refractivity contribution in [1.82, 2.24) is 5.32 Å². The average Bonchev–Trinajstić information content (AvgIpc) is 2.73. The smallest absolute Gasteiger partial charge is 0.408 e. The third-order valence-corrected chi connectivity index (χ3v) is 3.64. The molecule has 3 rings (SSSR count). The van der Waals surface area contributed by atoms with E-state index >= 15 is 0 Å². The third kappa shape index (κ3) is 3.88. The lowest BCUT2D eigenvalue weighted by atomic mass is 10.1. The second kappa shape index (κ2) is 6.96. The maximum atomic E-state index is 12.2. The maximum absolute atomic E-state index is 12.2. The molecule has 1 atom stereocenters. The van der Waals surface area contributed by atoms with Crippen LogP contribution >= 0.6 is 0 Å². The molecule has 0 spiro atoms. The standard InChI is InChI=1S/C18H17NO4/c20-16-10-14-8-4-5-9-17(14)22-12-15(16)19-18(21)23-11-13-6-2-1-3-7-13/h1-9,15H,10-12H2,(H,19,21). The van der Waals surface area contributed by atoms with Crippen LogP contribution in [0.3, 0.4) is 0 Å². The number of para-hydroxylation sites is 1. The van der Waals surface area contributed by atoms with Crippen molar-refractivity contribution in [2.24, 2.45) is 0 Å². The molecule has 1 aliphatic rings. The zero-order chi connectivity index (χ0) is 16.1. The Balaban J connectivity index is 1.56. The summed E-state index contributed by atoms with van der Waals surface area (Å²) < 4.78 is 10.7. The Morgan fingerprint density at radius 3 is 2.70 bits per heavy atom. The van der Waals surface area contributed by atoms with Gasteiger partial charge in [0.05, 0.1) is 0 Å². The molecule has 23 heavy (non-hydrogen) atoms. The summed E-state index contributed by atoms with van der Waals surface area (Å²) in [7, 11) is 0. The highest BCUT2D eigenvalue weighted by Crippen LogP contribution is 2.22. The van der Waals surface area contributed by atoms with Gasteiger partial charge < -0.3 is 14.8 Å². The van der Waals surface area contributed by atoms with Gasteiger partial charge in [-0.05, 0) is 11.6 Å². The van der Waals surface area contributed by atoms with Crippen LogP contribution in [-0.4, -0.2) is 24.5 Å². The lowest BCUT2D eigenvalue weighted by molar-refractivity contribution is -0.120. The van der Waals surface area contributed by atoms with E-state index in [1.54, 1.807) is 0 Å². The Kier molecular flexibility index (Phi) is 4.57. The minimum Gasteiger partial charge on any atom is -0.491 e. The largest absolute Gasteiger partial charge is 0.491 e. The molecule has 5 nitrogen and oxygen atoms in total. The quantitative estimate of drug-likeness (QED) is 0.946. The minimum atomic E-state index is -0.703. The number of fused-ring (bicyclic) bond motifs is 1. The van der Waals surface area contributed by atoms with Crippen molar-refractivity contribution in [3.05, 3.63) is 65.7 Å². The van der Waals surface area contributed by atoms with E-state index in [0.717, 1.165) is 11.1 Å². The molecule has 2 aromatic carbocycles. The number of rotatable bonds is 3. The van der Waals surface area contributed by atoms with Crippen LogP contribution in [0.5, 0.6) is 5.75 Å². The fourth-order valence-electron chi connectivity index (χ4n) is 2.40. The summed E-state index contributed by atoms with van der Waals surface area (Å²) in [5.74, 6) is 0.592. The first-order valence-corrected chi connectivity index (χ1v) is 7.43. The van der Waals surface area contributed by atoms with E-state index in [1.165, 1.54) is 0 Å². The number of nitrogens with one attached hydrogen (secondary N) is 1. The predicted octanol–water partition coefficient (Wildman–Crippen LogP) is 2.49. The number of hydrogen-bond acceptors (Lipinski definition) is 4. The molecule has 5 heteroatoms. The van der Waals surface area contributed by atoms with Crippen molar-refractivity contribution < 1.29 is 19.1 Å². The monoisotopic (exact) mass is 311 g/mol. The van der Waals surface area contributed by atoms with Gasteiger partial charge in [-0.15, -0.1) is 0 Å². The summed E-state index contributed by atoms with van der Waals surface area (Å²) in [4.78, 5) is 24.1. The number of ketones is 1. The third-order valence-electron chi connectivity index (χ3n) is 3.64. The summed E-state index contributed by atoms with van der Waals surface area (Å²) in [5.41, 5.74) is 1.72. The van der Waals surface area contributed by atoms with Crippen LogP contribution in [0.4, 0.5) is 4.79 Å². The highest BCUT2D eigenvalue weighted by atomic mass is 16.5. The average molecular weight is 311 g/mol. The van der Waals surface area contributed by atoms with Crippen LogP contribution in [0, 0.1) is 0 Å². The molecule has 1 N–H and O–H groups in total. The van der Waals surface area contributed by atoms with E-state index in [-0.39, 0.29) is 25.4 Å². The highest BCUT2D eigenvalue weighted by Gasteiger charge is 2.26. The molecule has 0 fully saturated rings. The fraction of sp³-hybridized carbons (Fsp3) is 0.222. The summed E-state index contributed by atoms with van der Waals surface area (Å²) >= 11 is 0. The number of amides is 1. The molecular formula is C18H17NO4. The molecular weight excluding hydrogens is 294 g/mol. The van der Waals surface area contributed by atoms with E-state index < -0.39 is 12.1 Å². The van der Waals surface area contributed by atoms with Gasteiger partial charge in [-0.3, -0.25) is 4.79 Å². The number of carbonyl (C=O) groups is 2. The van der Waals surface area contributed by atoms with E-state index in [1.807, 2.05) is 54.6 Å². The first kappa shape index (κ1) is 15.1. The summed E-state index contributed by atoms with van der Waals surface area (Å²) in [6.45, 7) is 0.269. The Hall–Kier alpha value is -2.82. The van der Waals surface area contributed by atoms with Gasteiger partial charge in [0.15, 0.2) is 5.78 Å². The van der Waals surface area contributed by atoms with Crippen molar-refractivity contribution in [1.29, 1.82) is 0 Å². The molecule has 118 valence electrons. The number of carbonyl (C=O) groups excluding carboxylic acids is 2. The molecule has 0 aromatic heterocycles. The van der Waals surface area contributed by atoms with Gasteiger partial charge in [0, 0.05) is 12.0 Å². The minimum absolute atomic E-state index is 0.0911. The van der Waals surface area contributed by atoms with Gasteiger partial charge in [-0.1, -0.05) is 48.5 Å². The zero-order valence-electron chi connectivity index (χ0n) is 12.5. The Morgan fingerprint density at radius 2 is 1.87 bits per heavy atom. The maximum Gasteiger partial charge on any atom is 0.408 e. The van der Waals surface area contributed by atoms with E-state index in [2.05, 4.69) is 5.32 Å². The van der Waals surface area contributed by atoms with Crippen molar-refractivity contribution in [3.63, 3.8) is 0 Å². The topological polar surface area (TPSA) is 64.6 Å². The van der Waals surface area contributed by atoms with Crippen LogP contribution in [0.1, 0.15) is 11.1 Å². The molecule has 0 radical (unpaired) electrons. The van der Waals surface area contributed by atoms with Gasteiger partial charge in [0.2, 0.25) is 0 Å². The molecule has 0 saturated heterocycles. The van der Waals surface area contributed by atoms with Gasteiger partial charge in [-0.25, -0.2) is 4.79 Å². The van der Waals surface area contributed by atoms with Crippen LogP contribution in [0.15, 0.2) is 54.6 Å². The van der Waals surface area contributed by atoms with Gasteiger partial charge >= 0.3 is 6.09 Å². The van der Waals surface area contributed by atoms with E-state index in [4.69, 9.17) is 9.47 Å². The van der Waals surface area contributed by atoms with Crippen LogP contribution < -0.4 is 10.1 Å². The molecule has 1 amide bonds. The Bertz CT molecular complexity index is 699. The first-order valence-electron chi connectivity index (χ1n) is 7.43. The van der Waals surface area contributed by atoms with Crippen molar-refractivity contribution >= 4 is 11.9 Å². The SMILES string of the molecule is O=C(NC1COc2ccccc2CC1=O)OCc1ccccc1. The second-order valence-electron chi connectivity index (χ2n) is 5.32. The predicted molar refractivity (Wildman–Crippen MR) is 84.2 cm³/mol. The number of Topliss-reactive ketones (excluding diaryl/α,β-unsaturated/α-hetero) is 1. The van der Waals surface area contributed by atoms with E-state index in [9.17, 15) is 9.59 Å². The number of alkyl carbamates (subject to hydrolysis) is 1. The number of ether oxygens (including phenoxy) is 2. The molecule has 0 saturated carbocycles. The Morgan fingerprint density at radius 1 is 1.13 bits per heavy atom. The molecule has 0 bridgehead atoms. The van der Waals surface area contributed by atoms with E-state index in [0.29, 0.717) is 5.75 Å². The molecule has 2 aromatic rings. The van der Waals surface area contributed by atoms with Gasteiger partial charge in [0.25, 0.3) is 0 Å². The normalized spacial score (nSPS) is 16.7.